The van der Waals surface area contributed by atoms with Crippen molar-refractivity contribution in [3.63, 3.8) is 0 Å². The van der Waals surface area contributed by atoms with Gasteiger partial charge in [-0.2, -0.15) is 0 Å². The number of carbonyl (C=O) groups excluding carboxylic acids is 1. The van der Waals surface area contributed by atoms with Crippen LogP contribution in [0, 0.1) is 0 Å². The Morgan fingerprint density at radius 3 is 2.37 bits per heavy atom. The van der Waals surface area contributed by atoms with Gasteiger partial charge in [0.25, 0.3) is 5.91 Å². The summed E-state index contributed by atoms with van der Waals surface area (Å²) in [5.41, 5.74) is 2.47. The minimum atomic E-state index is -0.0870. The molecule has 0 spiro atoms. The molecule has 0 aliphatic rings. The van der Waals surface area contributed by atoms with Crippen LogP contribution < -0.4 is 14.2 Å². The van der Waals surface area contributed by atoms with E-state index in [-0.39, 0.29) is 5.91 Å². The minimum absolute atomic E-state index is 0.0870. The molecule has 5 nitrogen and oxygen atoms in total. The zero-order valence-electron chi connectivity index (χ0n) is 17.9. The van der Waals surface area contributed by atoms with Gasteiger partial charge in [0.15, 0.2) is 11.5 Å². The number of carbonyl (C=O) groups is 1. The van der Waals surface area contributed by atoms with E-state index in [1.54, 1.807) is 45.4 Å². The Bertz CT molecular complexity index is 1070. The van der Waals surface area contributed by atoms with E-state index in [1.165, 1.54) is 0 Å². The first kappa shape index (κ1) is 21.2. The van der Waals surface area contributed by atoms with E-state index >= 15 is 0 Å². The Balaban J connectivity index is 1.85. The molecule has 156 valence electrons. The highest BCUT2D eigenvalue weighted by molar-refractivity contribution is 5.95. The largest absolute Gasteiger partial charge is 0.497 e. The van der Waals surface area contributed by atoms with Crippen LogP contribution in [0.15, 0.2) is 61.2 Å². The Morgan fingerprint density at radius 1 is 0.967 bits per heavy atom. The van der Waals surface area contributed by atoms with Crippen molar-refractivity contribution in [2.45, 2.75) is 13.0 Å². The molecule has 0 fully saturated rings. The van der Waals surface area contributed by atoms with E-state index in [1.807, 2.05) is 36.4 Å². The fraction of sp³-hybridized carbons (Fsp3) is 0.240. The van der Waals surface area contributed by atoms with Gasteiger partial charge in [0, 0.05) is 24.7 Å². The summed E-state index contributed by atoms with van der Waals surface area (Å²) in [7, 11) is 6.61. The van der Waals surface area contributed by atoms with Gasteiger partial charge in [-0.15, -0.1) is 6.58 Å². The van der Waals surface area contributed by atoms with E-state index in [2.05, 4.69) is 12.6 Å². The maximum absolute atomic E-state index is 13.1. The van der Waals surface area contributed by atoms with Gasteiger partial charge in [-0.05, 0) is 53.1 Å². The number of hydrogen-bond acceptors (Lipinski definition) is 4. The predicted molar refractivity (Wildman–Crippen MR) is 120 cm³/mol. The first-order valence-corrected chi connectivity index (χ1v) is 9.68. The van der Waals surface area contributed by atoms with Crippen LogP contribution in [0.2, 0.25) is 0 Å². The van der Waals surface area contributed by atoms with Crippen molar-refractivity contribution in [2.24, 2.45) is 0 Å². The Hall–Kier alpha value is -3.47. The molecule has 0 heterocycles. The molecule has 0 atom stereocenters. The number of benzene rings is 3. The number of fused-ring (bicyclic) bond motifs is 1. The molecule has 0 radical (unpaired) electrons. The van der Waals surface area contributed by atoms with E-state index in [9.17, 15) is 4.79 Å². The van der Waals surface area contributed by atoms with Crippen LogP contribution in [0.1, 0.15) is 21.5 Å². The van der Waals surface area contributed by atoms with Gasteiger partial charge in [-0.3, -0.25) is 4.79 Å². The lowest BCUT2D eigenvalue weighted by atomic mass is 10.0. The third kappa shape index (κ3) is 4.40. The van der Waals surface area contributed by atoms with Gasteiger partial charge in [-0.25, -0.2) is 0 Å². The summed E-state index contributed by atoms with van der Waals surface area (Å²) in [4.78, 5) is 14.8. The normalized spacial score (nSPS) is 10.5. The second kappa shape index (κ2) is 9.35. The van der Waals surface area contributed by atoms with Gasteiger partial charge in [0.2, 0.25) is 0 Å². The molecule has 30 heavy (non-hydrogen) atoms. The lowest BCUT2D eigenvalue weighted by Crippen LogP contribution is -2.26. The van der Waals surface area contributed by atoms with Crippen molar-refractivity contribution in [3.05, 3.63) is 77.9 Å². The monoisotopic (exact) mass is 405 g/mol. The van der Waals surface area contributed by atoms with E-state index in [4.69, 9.17) is 14.2 Å². The van der Waals surface area contributed by atoms with Crippen LogP contribution in [0.25, 0.3) is 10.8 Å². The molecule has 0 N–H and O–H groups in total. The van der Waals surface area contributed by atoms with Crippen molar-refractivity contribution in [2.75, 3.05) is 28.4 Å². The molecule has 0 aromatic heterocycles. The zero-order valence-corrected chi connectivity index (χ0v) is 17.9. The van der Waals surface area contributed by atoms with Crippen molar-refractivity contribution < 1.29 is 19.0 Å². The molecular formula is C25H27NO4. The maximum atomic E-state index is 13.1. The van der Waals surface area contributed by atoms with E-state index in [0.717, 1.165) is 27.6 Å². The lowest BCUT2D eigenvalue weighted by molar-refractivity contribution is 0.0784. The fourth-order valence-corrected chi connectivity index (χ4v) is 3.54. The number of hydrogen-bond donors (Lipinski definition) is 0. The highest BCUT2D eigenvalue weighted by atomic mass is 16.5. The van der Waals surface area contributed by atoms with Crippen molar-refractivity contribution in [3.8, 4) is 17.2 Å². The van der Waals surface area contributed by atoms with E-state index < -0.39 is 0 Å². The average molecular weight is 405 g/mol. The molecule has 1 amide bonds. The molecular weight excluding hydrogens is 378 g/mol. The number of amides is 1. The third-order valence-corrected chi connectivity index (χ3v) is 5.05. The summed E-state index contributed by atoms with van der Waals surface area (Å²) >= 11 is 0. The van der Waals surface area contributed by atoms with Crippen LogP contribution >= 0.6 is 0 Å². The smallest absolute Gasteiger partial charge is 0.254 e. The second-order valence-corrected chi connectivity index (χ2v) is 7.07. The fourth-order valence-electron chi connectivity index (χ4n) is 3.54. The molecule has 3 rings (SSSR count). The highest BCUT2D eigenvalue weighted by Crippen LogP contribution is 2.33. The Morgan fingerprint density at radius 2 is 1.70 bits per heavy atom. The Labute approximate surface area is 177 Å². The van der Waals surface area contributed by atoms with Gasteiger partial charge in [0.1, 0.15) is 5.75 Å². The third-order valence-electron chi connectivity index (χ3n) is 5.05. The van der Waals surface area contributed by atoms with Crippen LogP contribution in [0.3, 0.4) is 0 Å². The molecule has 0 saturated carbocycles. The quantitative estimate of drug-likeness (QED) is 0.502. The van der Waals surface area contributed by atoms with Crippen LogP contribution in [-0.4, -0.2) is 39.2 Å². The maximum Gasteiger partial charge on any atom is 0.254 e. The number of rotatable bonds is 8. The lowest BCUT2D eigenvalue weighted by Gasteiger charge is -2.20. The highest BCUT2D eigenvalue weighted by Gasteiger charge is 2.18. The minimum Gasteiger partial charge on any atom is -0.497 e. The molecule has 0 aliphatic carbocycles. The SMILES string of the molecule is C=CCc1cc(C(=O)N(C)Cc2ccc3cc(OC)ccc3c2)cc(OC)c1OC. The molecule has 0 unspecified atom stereocenters. The van der Waals surface area contributed by atoms with E-state index in [0.29, 0.717) is 30.0 Å². The molecule has 0 saturated heterocycles. The summed E-state index contributed by atoms with van der Waals surface area (Å²) in [5, 5.41) is 2.20. The summed E-state index contributed by atoms with van der Waals surface area (Å²) in [6.07, 6.45) is 2.36. The number of methoxy groups -OCH3 is 3. The van der Waals surface area contributed by atoms with Gasteiger partial charge in [-0.1, -0.05) is 24.3 Å². The van der Waals surface area contributed by atoms with Crippen molar-refractivity contribution in [1.82, 2.24) is 4.90 Å². The molecule has 3 aromatic carbocycles. The first-order valence-electron chi connectivity index (χ1n) is 9.68. The second-order valence-electron chi connectivity index (χ2n) is 7.07. The standard InChI is InChI=1S/C25H27NO4/c1-6-7-20-13-21(15-23(29-4)24(20)30-5)25(27)26(2)16-17-8-9-19-14-22(28-3)11-10-18(19)12-17/h6,8-15H,1,7,16H2,2-5H3. The number of allylic oxidation sites excluding steroid dienone is 1. The molecule has 3 aromatic rings. The van der Waals surface area contributed by atoms with Crippen LogP contribution in [-0.2, 0) is 13.0 Å². The zero-order chi connectivity index (χ0) is 21.7. The van der Waals surface area contributed by atoms with Crippen molar-refractivity contribution >= 4 is 16.7 Å². The Kier molecular flexibility index (Phi) is 6.62. The summed E-state index contributed by atoms with van der Waals surface area (Å²) in [5.74, 6) is 1.90. The summed E-state index contributed by atoms with van der Waals surface area (Å²) in [6, 6.07) is 15.7. The predicted octanol–water partition coefficient (Wildman–Crippen LogP) is 4.87. The first-order chi connectivity index (χ1) is 14.5. The topological polar surface area (TPSA) is 48.0 Å². The van der Waals surface area contributed by atoms with Gasteiger partial charge >= 0.3 is 0 Å². The van der Waals surface area contributed by atoms with Gasteiger partial charge < -0.3 is 19.1 Å². The summed E-state index contributed by atoms with van der Waals surface area (Å²) in [6.45, 7) is 4.28. The number of nitrogens with zero attached hydrogens (tertiary/aromatic N) is 1. The average Bonchev–Trinajstić information content (AvgIpc) is 2.77. The van der Waals surface area contributed by atoms with Crippen molar-refractivity contribution in [1.29, 1.82) is 0 Å². The van der Waals surface area contributed by atoms with Gasteiger partial charge in [0.05, 0.1) is 21.3 Å². The summed E-state index contributed by atoms with van der Waals surface area (Å²) < 4.78 is 16.2. The molecule has 0 bridgehead atoms. The van der Waals surface area contributed by atoms with Crippen LogP contribution in [0.5, 0.6) is 17.2 Å². The molecule has 0 aliphatic heterocycles. The molecule has 5 heteroatoms. The number of ether oxygens (including phenoxy) is 3. The van der Waals surface area contributed by atoms with Crippen LogP contribution in [0.4, 0.5) is 0 Å².